The SMILES string of the molecule is CCn1cc(COc2ccc(CC(N)=NO)cc2)cn1. The van der Waals surface area contributed by atoms with Gasteiger partial charge in [-0.3, -0.25) is 4.68 Å². The van der Waals surface area contributed by atoms with E-state index in [9.17, 15) is 0 Å². The van der Waals surface area contributed by atoms with Gasteiger partial charge in [0, 0.05) is 24.7 Å². The minimum absolute atomic E-state index is 0.186. The third-order valence-corrected chi connectivity index (χ3v) is 2.85. The summed E-state index contributed by atoms with van der Waals surface area (Å²) in [5.74, 6) is 0.961. The van der Waals surface area contributed by atoms with Crippen molar-refractivity contribution < 1.29 is 9.94 Å². The number of hydrogen-bond acceptors (Lipinski definition) is 4. The molecule has 0 saturated carbocycles. The van der Waals surface area contributed by atoms with E-state index in [-0.39, 0.29) is 5.84 Å². The van der Waals surface area contributed by atoms with E-state index in [0.717, 1.165) is 23.4 Å². The van der Waals surface area contributed by atoms with Crippen LogP contribution in [0.5, 0.6) is 5.75 Å². The molecular formula is C14H18N4O2. The minimum Gasteiger partial charge on any atom is -0.489 e. The molecule has 0 atom stereocenters. The Labute approximate surface area is 117 Å². The van der Waals surface area contributed by atoms with Crippen molar-refractivity contribution >= 4 is 5.84 Å². The van der Waals surface area contributed by atoms with E-state index in [0.29, 0.717) is 13.0 Å². The van der Waals surface area contributed by atoms with Gasteiger partial charge in [0.1, 0.15) is 18.2 Å². The van der Waals surface area contributed by atoms with Gasteiger partial charge in [0.15, 0.2) is 0 Å². The Balaban J connectivity index is 1.90. The van der Waals surface area contributed by atoms with Gasteiger partial charge in [-0.25, -0.2) is 0 Å². The van der Waals surface area contributed by atoms with Crippen LogP contribution in [-0.4, -0.2) is 20.8 Å². The fraction of sp³-hybridized carbons (Fsp3) is 0.286. The summed E-state index contributed by atoms with van der Waals surface area (Å²) < 4.78 is 7.53. The third-order valence-electron chi connectivity index (χ3n) is 2.85. The molecule has 0 amide bonds. The average molecular weight is 274 g/mol. The number of hydrogen-bond donors (Lipinski definition) is 2. The zero-order chi connectivity index (χ0) is 14.4. The van der Waals surface area contributed by atoms with Crippen molar-refractivity contribution in [2.24, 2.45) is 10.9 Å². The quantitative estimate of drug-likeness (QED) is 0.364. The highest BCUT2D eigenvalue weighted by Crippen LogP contribution is 2.14. The predicted molar refractivity (Wildman–Crippen MR) is 75.8 cm³/mol. The van der Waals surface area contributed by atoms with Gasteiger partial charge in [-0.1, -0.05) is 17.3 Å². The molecule has 0 radical (unpaired) electrons. The number of aromatic nitrogens is 2. The van der Waals surface area contributed by atoms with E-state index in [4.69, 9.17) is 15.7 Å². The number of aryl methyl sites for hydroxylation is 1. The topological polar surface area (TPSA) is 85.7 Å². The van der Waals surface area contributed by atoms with Crippen LogP contribution in [0, 0.1) is 0 Å². The lowest BCUT2D eigenvalue weighted by atomic mass is 10.1. The summed E-state index contributed by atoms with van der Waals surface area (Å²) >= 11 is 0. The van der Waals surface area contributed by atoms with Gasteiger partial charge in [-0.2, -0.15) is 5.10 Å². The van der Waals surface area contributed by atoms with Gasteiger partial charge in [-0.05, 0) is 24.6 Å². The molecule has 2 aromatic rings. The summed E-state index contributed by atoms with van der Waals surface area (Å²) in [6.07, 6.45) is 4.18. The van der Waals surface area contributed by atoms with Gasteiger partial charge < -0.3 is 15.7 Å². The molecule has 0 spiro atoms. The molecule has 1 aromatic carbocycles. The zero-order valence-corrected chi connectivity index (χ0v) is 11.4. The molecule has 0 aliphatic rings. The molecule has 0 unspecified atom stereocenters. The number of nitrogens with zero attached hydrogens (tertiary/aromatic N) is 3. The van der Waals surface area contributed by atoms with Crippen LogP contribution in [0.15, 0.2) is 41.8 Å². The maximum atomic E-state index is 8.51. The molecule has 0 saturated heterocycles. The van der Waals surface area contributed by atoms with Crippen LogP contribution in [0.4, 0.5) is 0 Å². The summed E-state index contributed by atoms with van der Waals surface area (Å²) in [6, 6.07) is 7.51. The second-order valence-corrected chi connectivity index (χ2v) is 4.41. The monoisotopic (exact) mass is 274 g/mol. The minimum atomic E-state index is 0.186. The summed E-state index contributed by atoms with van der Waals surface area (Å²) in [7, 11) is 0. The molecule has 1 aromatic heterocycles. The predicted octanol–water partition coefficient (Wildman–Crippen LogP) is 1.77. The van der Waals surface area contributed by atoms with E-state index in [1.165, 1.54) is 0 Å². The molecule has 1 heterocycles. The standard InChI is InChI=1S/C14H18N4O2/c1-2-18-9-12(8-16-18)10-20-13-5-3-11(4-6-13)7-14(15)17-19/h3-6,8-9,19H,2,7,10H2,1H3,(H2,15,17). The molecule has 106 valence electrons. The smallest absolute Gasteiger partial charge is 0.143 e. The Morgan fingerprint density at radius 1 is 1.35 bits per heavy atom. The number of benzene rings is 1. The van der Waals surface area contributed by atoms with Crippen molar-refractivity contribution in [1.29, 1.82) is 0 Å². The highest BCUT2D eigenvalue weighted by atomic mass is 16.5. The molecule has 2 rings (SSSR count). The van der Waals surface area contributed by atoms with Gasteiger partial charge in [0.05, 0.1) is 6.20 Å². The first-order chi connectivity index (χ1) is 9.71. The summed E-state index contributed by atoms with van der Waals surface area (Å²) in [6.45, 7) is 3.37. The van der Waals surface area contributed by atoms with Crippen LogP contribution in [0.1, 0.15) is 18.1 Å². The summed E-state index contributed by atoms with van der Waals surface area (Å²) in [4.78, 5) is 0. The molecule has 3 N–H and O–H groups in total. The number of ether oxygens (including phenoxy) is 1. The third kappa shape index (κ3) is 3.74. The highest BCUT2D eigenvalue weighted by molar-refractivity contribution is 5.82. The molecule has 20 heavy (non-hydrogen) atoms. The molecule has 6 nitrogen and oxygen atoms in total. The van der Waals surface area contributed by atoms with E-state index in [1.807, 2.05) is 42.1 Å². The van der Waals surface area contributed by atoms with E-state index in [2.05, 4.69) is 10.3 Å². The van der Waals surface area contributed by atoms with E-state index < -0.39 is 0 Å². The van der Waals surface area contributed by atoms with Crippen molar-refractivity contribution in [3.05, 3.63) is 47.8 Å². The molecule has 0 fully saturated rings. The van der Waals surface area contributed by atoms with Crippen molar-refractivity contribution in [2.45, 2.75) is 26.5 Å². The first kappa shape index (κ1) is 13.9. The van der Waals surface area contributed by atoms with E-state index >= 15 is 0 Å². The van der Waals surface area contributed by atoms with Gasteiger partial charge in [0.25, 0.3) is 0 Å². The van der Waals surface area contributed by atoms with Crippen molar-refractivity contribution in [3.63, 3.8) is 0 Å². The van der Waals surface area contributed by atoms with Crippen LogP contribution in [-0.2, 0) is 19.6 Å². The first-order valence-electron chi connectivity index (χ1n) is 6.40. The van der Waals surface area contributed by atoms with Gasteiger partial charge in [-0.15, -0.1) is 0 Å². The number of nitrogens with two attached hydrogens (primary N) is 1. The van der Waals surface area contributed by atoms with E-state index in [1.54, 1.807) is 6.20 Å². The van der Waals surface area contributed by atoms with Crippen LogP contribution < -0.4 is 10.5 Å². The number of rotatable bonds is 6. The fourth-order valence-corrected chi connectivity index (χ4v) is 1.77. The Kier molecular flexibility index (Phi) is 4.60. The lowest BCUT2D eigenvalue weighted by molar-refractivity contribution is 0.306. The normalized spacial score (nSPS) is 11.6. The zero-order valence-electron chi connectivity index (χ0n) is 11.4. The summed E-state index contributed by atoms with van der Waals surface area (Å²) in [5.41, 5.74) is 7.45. The van der Waals surface area contributed by atoms with Gasteiger partial charge in [0.2, 0.25) is 0 Å². The Bertz CT molecular complexity index is 575. The van der Waals surface area contributed by atoms with Crippen LogP contribution in [0.2, 0.25) is 0 Å². The second kappa shape index (κ2) is 6.60. The lowest BCUT2D eigenvalue weighted by Crippen LogP contribution is -2.14. The molecular weight excluding hydrogens is 256 g/mol. The van der Waals surface area contributed by atoms with Crippen LogP contribution >= 0.6 is 0 Å². The van der Waals surface area contributed by atoms with Crippen molar-refractivity contribution in [3.8, 4) is 5.75 Å². The highest BCUT2D eigenvalue weighted by Gasteiger charge is 2.01. The molecule has 0 aliphatic heterocycles. The molecule has 6 heteroatoms. The second-order valence-electron chi connectivity index (χ2n) is 4.41. The molecule has 0 aliphatic carbocycles. The summed E-state index contributed by atoms with van der Waals surface area (Å²) in [5, 5.41) is 15.6. The number of oxime groups is 1. The largest absolute Gasteiger partial charge is 0.489 e. The average Bonchev–Trinajstić information content (AvgIpc) is 2.94. The molecule has 0 bridgehead atoms. The Morgan fingerprint density at radius 3 is 2.70 bits per heavy atom. The maximum Gasteiger partial charge on any atom is 0.143 e. The Morgan fingerprint density at radius 2 is 2.10 bits per heavy atom. The van der Waals surface area contributed by atoms with Crippen molar-refractivity contribution in [1.82, 2.24) is 9.78 Å². The van der Waals surface area contributed by atoms with Crippen LogP contribution in [0.3, 0.4) is 0 Å². The first-order valence-corrected chi connectivity index (χ1v) is 6.40. The van der Waals surface area contributed by atoms with Gasteiger partial charge >= 0.3 is 0 Å². The maximum absolute atomic E-state index is 8.51. The van der Waals surface area contributed by atoms with Crippen LogP contribution in [0.25, 0.3) is 0 Å². The lowest BCUT2D eigenvalue weighted by Gasteiger charge is -2.05. The van der Waals surface area contributed by atoms with Crippen molar-refractivity contribution in [2.75, 3.05) is 0 Å². The Hall–Kier alpha value is -2.50. The number of amidine groups is 1. The fourth-order valence-electron chi connectivity index (χ4n) is 1.77.